The van der Waals surface area contributed by atoms with Crippen molar-refractivity contribution in [1.82, 2.24) is 10.3 Å². The molecule has 0 aliphatic carbocycles. The molecular weight excluding hydrogens is 254 g/mol. The van der Waals surface area contributed by atoms with E-state index >= 15 is 0 Å². The van der Waals surface area contributed by atoms with Gasteiger partial charge in [-0.2, -0.15) is 0 Å². The van der Waals surface area contributed by atoms with Crippen LogP contribution >= 0.6 is 0 Å². The number of nitrogens with one attached hydrogen (secondary N) is 1. The zero-order chi connectivity index (χ0) is 13.9. The number of pyridine rings is 1. The van der Waals surface area contributed by atoms with Gasteiger partial charge in [0.1, 0.15) is 12.0 Å². The van der Waals surface area contributed by atoms with Gasteiger partial charge in [-0.15, -0.1) is 0 Å². The molecule has 0 aliphatic rings. The highest BCUT2D eigenvalue weighted by molar-refractivity contribution is 5.94. The summed E-state index contributed by atoms with van der Waals surface area (Å²) in [6.45, 7) is 0.0307. The average Bonchev–Trinajstić information content (AvgIpc) is 2.86. The van der Waals surface area contributed by atoms with E-state index in [9.17, 15) is 13.6 Å². The molecule has 0 aromatic carbocycles. The Bertz CT molecular complexity index is 562. The van der Waals surface area contributed by atoms with Crippen molar-refractivity contribution >= 4 is 5.91 Å². The Hall–Kier alpha value is -2.24. The first-order chi connectivity index (χ1) is 8.96. The molecule has 0 fully saturated rings. The Morgan fingerprint density at radius 3 is 2.95 bits per heavy atom. The number of hydrogen-bond acceptors (Lipinski definition) is 3. The van der Waals surface area contributed by atoms with Gasteiger partial charge in [-0.3, -0.25) is 9.78 Å². The molecule has 2 rings (SSSR count). The van der Waals surface area contributed by atoms with Crippen molar-refractivity contribution in [1.29, 1.82) is 0 Å². The number of carbonyl (C=O) groups excluding carboxylic acids is 1. The average molecular weight is 266 g/mol. The molecule has 2 aromatic rings. The lowest BCUT2D eigenvalue weighted by Gasteiger charge is -2.10. The highest BCUT2D eigenvalue weighted by atomic mass is 19.3. The van der Waals surface area contributed by atoms with E-state index < -0.39 is 18.4 Å². The van der Waals surface area contributed by atoms with Crippen molar-refractivity contribution in [3.63, 3.8) is 0 Å². The van der Waals surface area contributed by atoms with Crippen LogP contribution < -0.4 is 5.32 Å². The molecule has 0 radical (unpaired) electrons. The number of alkyl halides is 2. The monoisotopic (exact) mass is 266 g/mol. The van der Waals surface area contributed by atoms with Gasteiger partial charge in [0.25, 0.3) is 11.8 Å². The summed E-state index contributed by atoms with van der Waals surface area (Å²) >= 11 is 0. The molecule has 0 saturated carbocycles. The third-order valence-corrected chi connectivity index (χ3v) is 2.37. The van der Waals surface area contributed by atoms with E-state index in [1.54, 1.807) is 24.5 Å². The SMILES string of the molecule is CC(F)(F)CNC(=O)c1coc(-c2cccnc2)c1. The Morgan fingerprint density at radius 2 is 2.32 bits per heavy atom. The van der Waals surface area contributed by atoms with Crippen molar-refractivity contribution in [2.75, 3.05) is 6.54 Å². The predicted octanol–water partition coefficient (Wildman–Crippen LogP) is 2.73. The second-order valence-electron chi connectivity index (χ2n) is 4.19. The maximum absolute atomic E-state index is 12.6. The number of halogens is 2. The summed E-state index contributed by atoms with van der Waals surface area (Å²) < 4.78 is 30.5. The highest BCUT2D eigenvalue weighted by Crippen LogP contribution is 2.21. The summed E-state index contributed by atoms with van der Waals surface area (Å²) in [6, 6.07) is 4.99. The van der Waals surface area contributed by atoms with Crippen LogP contribution in [0.15, 0.2) is 41.3 Å². The summed E-state index contributed by atoms with van der Waals surface area (Å²) in [6.07, 6.45) is 4.43. The van der Waals surface area contributed by atoms with Gasteiger partial charge in [-0.05, 0) is 18.2 Å². The molecule has 0 spiro atoms. The van der Waals surface area contributed by atoms with Crippen LogP contribution in [0.2, 0.25) is 0 Å². The molecule has 2 aromatic heterocycles. The smallest absolute Gasteiger partial charge is 0.262 e. The van der Waals surface area contributed by atoms with Crippen molar-refractivity contribution in [2.45, 2.75) is 12.8 Å². The van der Waals surface area contributed by atoms with Crippen LogP contribution in [0.4, 0.5) is 8.78 Å². The number of carbonyl (C=O) groups is 1. The number of amides is 1. The molecule has 2 heterocycles. The largest absolute Gasteiger partial charge is 0.463 e. The standard InChI is InChI=1S/C13H12F2N2O2/c1-13(14,15)8-17-12(18)10-5-11(19-7-10)9-3-2-4-16-6-9/h2-7H,8H2,1H3,(H,17,18). The molecular formula is C13H12F2N2O2. The first kappa shape index (κ1) is 13.2. The minimum atomic E-state index is -2.94. The van der Waals surface area contributed by atoms with E-state index in [-0.39, 0.29) is 5.56 Å². The van der Waals surface area contributed by atoms with E-state index in [0.717, 1.165) is 6.92 Å². The summed E-state index contributed by atoms with van der Waals surface area (Å²) in [5.41, 5.74) is 0.908. The fourth-order valence-electron chi connectivity index (χ4n) is 1.45. The Balaban J connectivity index is 2.07. The molecule has 100 valence electrons. The van der Waals surface area contributed by atoms with Gasteiger partial charge in [0.2, 0.25) is 0 Å². The maximum atomic E-state index is 12.6. The van der Waals surface area contributed by atoms with Crippen molar-refractivity contribution in [2.24, 2.45) is 0 Å². The molecule has 4 nitrogen and oxygen atoms in total. The third kappa shape index (κ3) is 3.61. The van der Waals surface area contributed by atoms with Crippen LogP contribution in [-0.4, -0.2) is 23.4 Å². The molecule has 6 heteroatoms. The summed E-state index contributed by atoms with van der Waals surface area (Å²) in [5.74, 6) is -3.08. The highest BCUT2D eigenvalue weighted by Gasteiger charge is 2.22. The van der Waals surface area contributed by atoms with E-state index in [1.807, 2.05) is 0 Å². The molecule has 1 N–H and O–H groups in total. The molecule has 0 unspecified atom stereocenters. The normalized spacial score (nSPS) is 11.3. The summed E-state index contributed by atoms with van der Waals surface area (Å²) in [5, 5.41) is 2.14. The second kappa shape index (κ2) is 5.17. The summed E-state index contributed by atoms with van der Waals surface area (Å²) in [4.78, 5) is 15.5. The minimum absolute atomic E-state index is 0.197. The Morgan fingerprint density at radius 1 is 1.53 bits per heavy atom. The van der Waals surface area contributed by atoms with Gasteiger partial charge in [-0.25, -0.2) is 8.78 Å². The van der Waals surface area contributed by atoms with Crippen LogP contribution in [0.3, 0.4) is 0 Å². The molecule has 1 amide bonds. The third-order valence-electron chi connectivity index (χ3n) is 2.37. The predicted molar refractivity (Wildman–Crippen MR) is 64.9 cm³/mol. The maximum Gasteiger partial charge on any atom is 0.262 e. The van der Waals surface area contributed by atoms with Gasteiger partial charge >= 0.3 is 0 Å². The van der Waals surface area contributed by atoms with Crippen molar-refractivity contribution in [3.05, 3.63) is 42.4 Å². The number of rotatable bonds is 4. The van der Waals surface area contributed by atoms with Crippen molar-refractivity contribution in [3.8, 4) is 11.3 Å². The molecule has 0 aliphatic heterocycles. The lowest BCUT2D eigenvalue weighted by Crippen LogP contribution is -2.34. The number of nitrogens with zero attached hydrogens (tertiary/aromatic N) is 1. The van der Waals surface area contributed by atoms with Crippen LogP contribution in [0.25, 0.3) is 11.3 Å². The zero-order valence-corrected chi connectivity index (χ0v) is 10.2. The van der Waals surface area contributed by atoms with Crippen LogP contribution in [-0.2, 0) is 0 Å². The quantitative estimate of drug-likeness (QED) is 0.925. The lowest BCUT2D eigenvalue weighted by molar-refractivity contribution is 0.0221. The molecule has 19 heavy (non-hydrogen) atoms. The lowest BCUT2D eigenvalue weighted by atomic mass is 10.2. The zero-order valence-electron chi connectivity index (χ0n) is 10.2. The fourth-order valence-corrected chi connectivity index (χ4v) is 1.45. The van der Waals surface area contributed by atoms with E-state index in [2.05, 4.69) is 10.3 Å². The van der Waals surface area contributed by atoms with Gasteiger partial charge in [0, 0.05) is 24.9 Å². The van der Waals surface area contributed by atoms with Gasteiger partial charge in [0.15, 0.2) is 0 Å². The number of hydrogen-bond donors (Lipinski definition) is 1. The van der Waals surface area contributed by atoms with Gasteiger partial charge in [-0.1, -0.05) is 0 Å². The van der Waals surface area contributed by atoms with Gasteiger partial charge < -0.3 is 9.73 Å². The van der Waals surface area contributed by atoms with E-state index in [4.69, 9.17) is 4.42 Å². The molecule has 0 saturated heterocycles. The van der Waals surface area contributed by atoms with Crippen LogP contribution in [0.5, 0.6) is 0 Å². The van der Waals surface area contributed by atoms with Gasteiger partial charge in [0.05, 0.1) is 12.1 Å². The Labute approximate surface area is 108 Å². The first-order valence-corrected chi connectivity index (χ1v) is 5.61. The van der Waals surface area contributed by atoms with Crippen molar-refractivity contribution < 1.29 is 18.0 Å². The second-order valence-corrected chi connectivity index (χ2v) is 4.19. The first-order valence-electron chi connectivity index (χ1n) is 5.61. The van der Waals surface area contributed by atoms with Crippen LogP contribution in [0, 0.1) is 0 Å². The molecule has 0 bridgehead atoms. The molecule has 0 atom stereocenters. The minimum Gasteiger partial charge on any atom is -0.463 e. The Kier molecular flexibility index (Phi) is 3.59. The topological polar surface area (TPSA) is 55.1 Å². The summed E-state index contributed by atoms with van der Waals surface area (Å²) in [7, 11) is 0. The van der Waals surface area contributed by atoms with E-state index in [1.165, 1.54) is 12.3 Å². The fraction of sp³-hybridized carbons (Fsp3) is 0.231. The van der Waals surface area contributed by atoms with Crippen LogP contribution in [0.1, 0.15) is 17.3 Å². The van der Waals surface area contributed by atoms with E-state index in [0.29, 0.717) is 11.3 Å². The number of aromatic nitrogens is 1. The number of furan rings is 1.